The van der Waals surface area contributed by atoms with Gasteiger partial charge in [0, 0.05) is 6.20 Å². The highest BCUT2D eigenvalue weighted by Crippen LogP contribution is 2.49. The summed E-state index contributed by atoms with van der Waals surface area (Å²) in [6.07, 6.45) is -8.96. The molecule has 232 valence electrons. The van der Waals surface area contributed by atoms with Crippen LogP contribution < -0.4 is 17.0 Å². The molecule has 2 aliphatic rings. The number of nitrogens with two attached hydrogens (primary N) is 2. The molecule has 6 heterocycles. The number of aliphatic hydroxyl groups excluding tert-OH is 4. The first-order chi connectivity index (χ1) is 20.4. The minimum atomic E-state index is -4.77. The number of hydrogen-bond donors (Lipinski definition) is 8. The minimum Gasteiger partial charge on any atom is -0.394 e. The average Bonchev–Trinajstić information content (AvgIpc) is 3.68. The summed E-state index contributed by atoms with van der Waals surface area (Å²) in [5, 5.41) is 41.8. The molecule has 6 rings (SSSR count). The molecule has 0 saturated carbocycles. The maximum atomic E-state index is 13.2. The van der Waals surface area contributed by atoms with Crippen molar-refractivity contribution in [3.8, 4) is 0 Å². The van der Waals surface area contributed by atoms with Crippen molar-refractivity contribution in [3.63, 3.8) is 0 Å². The van der Waals surface area contributed by atoms with E-state index >= 15 is 0 Å². The lowest BCUT2D eigenvalue weighted by Crippen LogP contribution is -2.36. The van der Waals surface area contributed by atoms with Crippen molar-refractivity contribution in [1.82, 2.24) is 34.1 Å². The lowest BCUT2D eigenvalue weighted by Gasteiger charge is -2.25. The van der Waals surface area contributed by atoms with Gasteiger partial charge in [-0.1, -0.05) is 0 Å². The Morgan fingerprint density at radius 2 is 1.84 bits per heavy atom. The maximum absolute atomic E-state index is 13.2. The first-order valence-corrected chi connectivity index (χ1v) is 14.5. The van der Waals surface area contributed by atoms with Crippen LogP contribution in [0.4, 0.5) is 11.8 Å². The maximum Gasteiger partial charge on any atom is 0.354 e. The highest BCUT2D eigenvalue weighted by molar-refractivity contribution is 7.52. The van der Waals surface area contributed by atoms with Gasteiger partial charge in [0.1, 0.15) is 42.4 Å². The third-order valence-corrected chi connectivity index (χ3v) is 8.25. The summed E-state index contributed by atoms with van der Waals surface area (Å²) in [6.45, 7) is 0.948. The number of nitrogens with one attached hydrogen (secondary N) is 1. The van der Waals surface area contributed by atoms with Crippen LogP contribution in [0.2, 0.25) is 0 Å². The molecule has 0 aliphatic carbocycles. The zero-order valence-electron chi connectivity index (χ0n) is 22.2. The van der Waals surface area contributed by atoms with Crippen molar-refractivity contribution in [2.45, 2.75) is 56.2 Å². The summed E-state index contributed by atoms with van der Waals surface area (Å²) >= 11 is 0. The van der Waals surface area contributed by atoms with E-state index < -0.39 is 75.4 Å². The van der Waals surface area contributed by atoms with Crippen molar-refractivity contribution in [3.05, 3.63) is 34.8 Å². The number of rotatable bonds is 8. The summed E-state index contributed by atoms with van der Waals surface area (Å²) in [5.74, 6) is -0.125. The van der Waals surface area contributed by atoms with Gasteiger partial charge in [-0.15, -0.1) is 0 Å². The van der Waals surface area contributed by atoms with Crippen LogP contribution in [0.5, 0.6) is 0 Å². The van der Waals surface area contributed by atoms with Gasteiger partial charge in [-0.3, -0.25) is 23.4 Å². The van der Waals surface area contributed by atoms with Crippen molar-refractivity contribution < 1.29 is 48.6 Å². The van der Waals surface area contributed by atoms with E-state index in [1.165, 1.54) is 28.0 Å². The molecular formula is C22H28N9O11P. The van der Waals surface area contributed by atoms with E-state index in [2.05, 4.69) is 24.9 Å². The number of H-pyrrole nitrogens is 1. The molecule has 0 amide bonds. The molecule has 2 saturated heterocycles. The molecule has 21 heteroatoms. The summed E-state index contributed by atoms with van der Waals surface area (Å²) in [5.41, 5.74) is 11.9. The lowest BCUT2D eigenvalue weighted by molar-refractivity contribution is -0.168. The van der Waals surface area contributed by atoms with Crippen LogP contribution in [0.1, 0.15) is 18.0 Å². The fourth-order valence-electron chi connectivity index (χ4n) is 5.20. The predicted molar refractivity (Wildman–Crippen MR) is 143 cm³/mol. The van der Waals surface area contributed by atoms with Crippen molar-refractivity contribution in [1.29, 1.82) is 0 Å². The zero-order valence-corrected chi connectivity index (χ0v) is 23.1. The highest BCUT2D eigenvalue weighted by Gasteiger charge is 2.50. The quantitative estimate of drug-likeness (QED) is 0.0931. The van der Waals surface area contributed by atoms with Crippen LogP contribution in [0, 0.1) is 6.92 Å². The number of imidazole rings is 1. The molecule has 4 aromatic heterocycles. The smallest absolute Gasteiger partial charge is 0.354 e. The van der Waals surface area contributed by atoms with Gasteiger partial charge in [0.25, 0.3) is 5.56 Å². The number of aliphatic hydroxyl groups is 4. The van der Waals surface area contributed by atoms with E-state index in [4.69, 9.17) is 30.2 Å². The van der Waals surface area contributed by atoms with Gasteiger partial charge < -0.3 is 55.6 Å². The predicted octanol–water partition coefficient (Wildman–Crippen LogP) is -2.59. The standard InChI is InChI=1S/C22H28N9O11P/c1-7-2-30(16-9(7)18(36)29-22(24)28-16)20-14(11(33)8(3-32)40-20)42-43(37,38)6-39-21-13(35)12(34)19(41-21)31-5-27-10-15(23)25-4-26-17(10)31/h2,4-5,8,11-14,19-21,32-35H,3,6H2,1H3,(H,37,38)(H2,23,25,26)(H3,24,28,29,36)/t8-,11?,12?,13?,14?,19-,20-,21+/m1/s1. The monoisotopic (exact) mass is 625 g/mol. The second-order valence-electron chi connectivity index (χ2n) is 10.1. The Hall–Kier alpha value is -3.56. The molecule has 9 atom stereocenters. The van der Waals surface area contributed by atoms with Gasteiger partial charge in [-0.25, -0.2) is 15.0 Å². The fourth-order valence-corrected chi connectivity index (χ4v) is 6.20. The number of nitrogen functional groups attached to an aromatic ring is 2. The minimum absolute atomic E-state index is 0.0497. The molecule has 43 heavy (non-hydrogen) atoms. The number of aryl methyl sites for hydroxylation is 1. The Kier molecular flexibility index (Phi) is 7.45. The van der Waals surface area contributed by atoms with Crippen LogP contribution in [0.3, 0.4) is 0 Å². The second kappa shape index (κ2) is 10.9. The van der Waals surface area contributed by atoms with Crippen molar-refractivity contribution in [2.24, 2.45) is 0 Å². The van der Waals surface area contributed by atoms with E-state index in [0.717, 1.165) is 0 Å². The number of nitrogens with zero attached hydrogens (tertiary/aromatic N) is 6. The van der Waals surface area contributed by atoms with Gasteiger partial charge in [-0.05, 0) is 12.5 Å². The molecule has 20 nitrogen and oxygen atoms in total. The number of aromatic nitrogens is 7. The van der Waals surface area contributed by atoms with E-state index in [1.807, 2.05) is 0 Å². The van der Waals surface area contributed by atoms with E-state index in [1.54, 1.807) is 6.92 Å². The Labute approximate surface area is 240 Å². The largest absolute Gasteiger partial charge is 0.394 e. The molecule has 0 bridgehead atoms. The molecule has 10 N–H and O–H groups in total. The van der Waals surface area contributed by atoms with Crippen molar-refractivity contribution >= 4 is 41.6 Å². The Balaban J connectivity index is 1.20. The number of anilines is 2. The summed E-state index contributed by atoms with van der Waals surface area (Å²) < 4.78 is 37.8. The molecule has 2 fully saturated rings. The molecule has 0 spiro atoms. The van der Waals surface area contributed by atoms with Gasteiger partial charge in [0.05, 0.1) is 18.3 Å². The number of aromatic amines is 1. The molecular weight excluding hydrogens is 597 g/mol. The highest BCUT2D eigenvalue weighted by atomic mass is 31.2. The van der Waals surface area contributed by atoms with E-state index in [9.17, 15) is 34.7 Å². The molecule has 0 aromatic carbocycles. The Morgan fingerprint density at radius 3 is 2.58 bits per heavy atom. The van der Waals surface area contributed by atoms with Crippen LogP contribution in [-0.4, -0.2) is 109 Å². The van der Waals surface area contributed by atoms with Gasteiger partial charge in [0.15, 0.2) is 42.2 Å². The third-order valence-electron chi connectivity index (χ3n) is 7.20. The summed E-state index contributed by atoms with van der Waals surface area (Å²) in [7, 11) is -4.77. The van der Waals surface area contributed by atoms with Gasteiger partial charge in [-0.2, -0.15) is 4.98 Å². The van der Waals surface area contributed by atoms with Crippen LogP contribution in [0.25, 0.3) is 22.2 Å². The fraction of sp³-hybridized carbons (Fsp3) is 0.500. The first kappa shape index (κ1) is 29.5. The van der Waals surface area contributed by atoms with Crippen LogP contribution in [0.15, 0.2) is 23.6 Å². The van der Waals surface area contributed by atoms with E-state index in [-0.39, 0.29) is 34.0 Å². The number of ether oxygens (including phenoxy) is 3. The average molecular weight is 625 g/mol. The lowest BCUT2D eigenvalue weighted by atomic mass is 10.1. The van der Waals surface area contributed by atoms with E-state index in [0.29, 0.717) is 5.56 Å². The van der Waals surface area contributed by atoms with Gasteiger partial charge in [0.2, 0.25) is 5.95 Å². The molecule has 5 unspecified atom stereocenters. The molecule has 4 aromatic rings. The molecule has 2 aliphatic heterocycles. The normalized spacial score (nSPS) is 30.8. The number of fused-ring (bicyclic) bond motifs is 2. The van der Waals surface area contributed by atoms with Gasteiger partial charge >= 0.3 is 7.60 Å². The van der Waals surface area contributed by atoms with Crippen LogP contribution >= 0.6 is 7.60 Å². The van der Waals surface area contributed by atoms with Crippen molar-refractivity contribution in [2.75, 3.05) is 24.4 Å². The summed E-state index contributed by atoms with van der Waals surface area (Å²) in [6, 6.07) is 0. The van der Waals surface area contributed by atoms with Crippen LogP contribution in [-0.2, 0) is 23.3 Å². The summed E-state index contributed by atoms with van der Waals surface area (Å²) in [4.78, 5) is 41.6. The Morgan fingerprint density at radius 1 is 1.07 bits per heavy atom. The Bertz CT molecular complexity index is 1780. The number of hydrogen-bond acceptors (Lipinski definition) is 16. The third kappa shape index (κ3) is 5.06. The first-order valence-electron chi connectivity index (χ1n) is 12.8. The topological polar surface area (TPSA) is 301 Å². The second-order valence-corrected chi connectivity index (χ2v) is 11.8. The molecule has 0 radical (unpaired) electrons. The SMILES string of the molecule is Cc1cn([C@@H]2O[C@H](CO)C(O)C2OP(=O)(O)CO[C@H]2O[C@@H](n3cnc4c(N)ncnc43)C(O)C2O)c2nc(N)[nH]c(=O)c12. The zero-order chi connectivity index (χ0) is 30.8.